The van der Waals surface area contributed by atoms with Gasteiger partial charge in [-0.15, -0.1) is 11.8 Å². The van der Waals surface area contributed by atoms with Gasteiger partial charge < -0.3 is 5.32 Å². The van der Waals surface area contributed by atoms with Gasteiger partial charge in [-0.2, -0.15) is 0 Å². The summed E-state index contributed by atoms with van der Waals surface area (Å²) in [5, 5.41) is 3.64. The van der Waals surface area contributed by atoms with Crippen LogP contribution in [0, 0.1) is 12.7 Å². The second kappa shape index (κ2) is 6.61. The number of rotatable bonds is 4. The molecule has 1 heterocycles. The van der Waals surface area contributed by atoms with Crippen molar-refractivity contribution in [1.82, 2.24) is 4.98 Å². The topological polar surface area (TPSA) is 42.0 Å². The van der Waals surface area contributed by atoms with E-state index in [1.807, 2.05) is 13.2 Å². The van der Waals surface area contributed by atoms with Crippen LogP contribution in [0.3, 0.4) is 0 Å². The Hall–Kier alpha value is -1.40. The molecule has 3 nitrogen and oxygen atoms in total. The standard InChI is InChI=1S/C17H19FN2OS2/c1-11-14(22-2)23-16(19-11)20-15(21)17(9-3-4-10-17)12-5-7-13(18)8-6-12/h5-8H,3-4,9-10H2,1-2H3,(H,19,20,21). The first-order valence-electron chi connectivity index (χ1n) is 7.64. The zero-order valence-electron chi connectivity index (χ0n) is 13.2. The van der Waals surface area contributed by atoms with E-state index in [9.17, 15) is 9.18 Å². The third kappa shape index (κ3) is 3.15. The van der Waals surface area contributed by atoms with Crippen LogP contribution in [-0.2, 0) is 10.2 Å². The first kappa shape index (κ1) is 16.5. The summed E-state index contributed by atoms with van der Waals surface area (Å²) in [6, 6.07) is 6.34. The lowest BCUT2D eigenvalue weighted by molar-refractivity contribution is -0.121. The fourth-order valence-corrected chi connectivity index (χ4v) is 4.84. The van der Waals surface area contributed by atoms with Crippen molar-refractivity contribution >= 4 is 34.1 Å². The summed E-state index contributed by atoms with van der Waals surface area (Å²) in [5.74, 6) is -0.300. The summed E-state index contributed by atoms with van der Waals surface area (Å²) in [6.45, 7) is 1.95. The molecule has 23 heavy (non-hydrogen) atoms. The predicted octanol–water partition coefficient (Wildman–Crippen LogP) is 4.76. The van der Waals surface area contributed by atoms with Gasteiger partial charge >= 0.3 is 0 Å². The number of aromatic nitrogens is 1. The molecule has 0 aliphatic heterocycles. The fraction of sp³-hybridized carbons (Fsp3) is 0.412. The molecule has 1 aliphatic carbocycles. The molecular weight excluding hydrogens is 331 g/mol. The van der Waals surface area contributed by atoms with Gasteiger partial charge in [-0.05, 0) is 43.7 Å². The van der Waals surface area contributed by atoms with Gasteiger partial charge in [-0.25, -0.2) is 9.37 Å². The lowest BCUT2D eigenvalue weighted by Crippen LogP contribution is -2.38. The molecule has 6 heteroatoms. The first-order chi connectivity index (χ1) is 11.0. The molecule has 1 amide bonds. The van der Waals surface area contributed by atoms with E-state index in [0.717, 1.165) is 41.1 Å². The Bertz CT molecular complexity index is 706. The number of hydrogen-bond donors (Lipinski definition) is 1. The SMILES string of the molecule is CSc1sc(NC(=O)C2(c3ccc(F)cc3)CCCC2)nc1C. The highest BCUT2D eigenvalue weighted by Gasteiger charge is 2.43. The van der Waals surface area contributed by atoms with E-state index in [2.05, 4.69) is 10.3 Å². The monoisotopic (exact) mass is 350 g/mol. The minimum atomic E-state index is -0.563. The molecule has 1 saturated carbocycles. The van der Waals surface area contributed by atoms with Crippen LogP contribution in [0.1, 0.15) is 36.9 Å². The van der Waals surface area contributed by atoms with Gasteiger partial charge in [0.25, 0.3) is 0 Å². The zero-order chi connectivity index (χ0) is 16.4. The molecule has 1 aromatic heterocycles. The summed E-state index contributed by atoms with van der Waals surface area (Å²) in [4.78, 5) is 17.4. The second-order valence-electron chi connectivity index (χ2n) is 5.85. The summed E-state index contributed by atoms with van der Waals surface area (Å²) in [6.07, 6.45) is 5.62. The van der Waals surface area contributed by atoms with E-state index >= 15 is 0 Å². The maximum atomic E-state index is 13.2. The highest BCUT2D eigenvalue weighted by Crippen LogP contribution is 2.42. The number of nitrogens with one attached hydrogen (secondary N) is 1. The maximum Gasteiger partial charge on any atom is 0.236 e. The molecule has 0 atom stereocenters. The van der Waals surface area contributed by atoms with Crippen LogP contribution in [0.2, 0.25) is 0 Å². The van der Waals surface area contributed by atoms with Gasteiger partial charge in [0.1, 0.15) is 5.82 Å². The van der Waals surface area contributed by atoms with Gasteiger partial charge in [0.2, 0.25) is 5.91 Å². The number of nitrogens with zero attached hydrogens (tertiary/aromatic N) is 1. The molecule has 3 rings (SSSR count). The Kier molecular flexibility index (Phi) is 4.73. The Morgan fingerprint density at radius 3 is 2.52 bits per heavy atom. The molecule has 1 aromatic carbocycles. The summed E-state index contributed by atoms with van der Waals surface area (Å²) in [5.41, 5.74) is 1.28. The highest BCUT2D eigenvalue weighted by atomic mass is 32.2. The van der Waals surface area contributed by atoms with Gasteiger partial charge in [-0.3, -0.25) is 4.79 Å². The van der Waals surface area contributed by atoms with Crippen LogP contribution in [0.4, 0.5) is 9.52 Å². The summed E-state index contributed by atoms with van der Waals surface area (Å²) in [7, 11) is 0. The highest BCUT2D eigenvalue weighted by molar-refractivity contribution is 8.00. The Balaban J connectivity index is 1.88. The average Bonchev–Trinajstić information content (AvgIpc) is 3.15. The molecule has 1 aliphatic rings. The number of carbonyl (C=O) groups is 1. The number of carbonyl (C=O) groups excluding carboxylic acids is 1. The molecule has 0 radical (unpaired) electrons. The van der Waals surface area contributed by atoms with Crippen molar-refractivity contribution in [2.75, 3.05) is 11.6 Å². The lowest BCUT2D eigenvalue weighted by Gasteiger charge is -2.27. The maximum absolute atomic E-state index is 13.2. The third-order valence-electron chi connectivity index (χ3n) is 4.45. The summed E-state index contributed by atoms with van der Waals surface area (Å²) < 4.78 is 14.3. The van der Waals surface area contributed by atoms with Crippen LogP contribution in [-0.4, -0.2) is 17.1 Å². The van der Waals surface area contributed by atoms with E-state index < -0.39 is 5.41 Å². The van der Waals surface area contributed by atoms with Crippen molar-refractivity contribution in [2.45, 2.75) is 42.2 Å². The van der Waals surface area contributed by atoms with Gasteiger partial charge in [-0.1, -0.05) is 36.3 Å². The normalized spacial score (nSPS) is 16.5. The minimum Gasteiger partial charge on any atom is -0.301 e. The number of halogens is 1. The van der Waals surface area contributed by atoms with Crippen molar-refractivity contribution in [1.29, 1.82) is 0 Å². The summed E-state index contributed by atoms with van der Waals surface area (Å²) >= 11 is 3.14. The molecule has 0 saturated heterocycles. The largest absolute Gasteiger partial charge is 0.301 e. The van der Waals surface area contributed by atoms with Crippen LogP contribution >= 0.6 is 23.1 Å². The van der Waals surface area contributed by atoms with Crippen molar-refractivity contribution < 1.29 is 9.18 Å². The number of anilines is 1. The Labute approximate surface area is 143 Å². The van der Waals surface area contributed by atoms with Crippen LogP contribution in [0.5, 0.6) is 0 Å². The second-order valence-corrected chi connectivity index (χ2v) is 7.92. The zero-order valence-corrected chi connectivity index (χ0v) is 14.8. The number of aryl methyl sites for hydroxylation is 1. The average molecular weight is 350 g/mol. The number of amides is 1. The molecule has 0 unspecified atom stereocenters. The van der Waals surface area contributed by atoms with Crippen molar-refractivity contribution in [3.8, 4) is 0 Å². The Morgan fingerprint density at radius 1 is 1.30 bits per heavy atom. The van der Waals surface area contributed by atoms with Crippen molar-refractivity contribution in [3.63, 3.8) is 0 Å². The number of thiazole rings is 1. The van der Waals surface area contributed by atoms with E-state index in [4.69, 9.17) is 0 Å². The minimum absolute atomic E-state index is 0.0250. The molecule has 0 bridgehead atoms. The molecular formula is C17H19FN2OS2. The number of thioether (sulfide) groups is 1. The van der Waals surface area contributed by atoms with Gasteiger partial charge in [0, 0.05) is 0 Å². The quantitative estimate of drug-likeness (QED) is 0.808. The number of hydrogen-bond acceptors (Lipinski definition) is 4. The van der Waals surface area contributed by atoms with E-state index in [-0.39, 0.29) is 11.7 Å². The predicted molar refractivity (Wildman–Crippen MR) is 93.8 cm³/mol. The molecule has 2 aromatic rings. The third-order valence-corrected chi connectivity index (χ3v) is 6.73. The Morgan fingerprint density at radius 2 is 1.96 bits per heavy atom. The molecule has 122 valence electrons. The lowest BCUT2D eigenvalue weighted by atomic mass is 9.78. The van der Waals surface area contributed by atoms with Crippen LogP contribution < -0.4 is 5.32 Å². The van der Waals surface area contributed by atoms with E-state index in [0.29, 0.717) is 5.13 Å². The molecule has 1 fully saturated rings. The van der Waals surface area contributed by atoms with Crippen LogP contribution in [0.25, 0.3) is 0 Å². The van der Waals surface area contributed by atoms with Crippen molar-refractivity contribution in [2.24, 2.45) is 0 Å². The molecule has 0 spiro atoms. The molecule has 1 N–H and O–H groups in total. The van der Waals surface area contributed by atoms with Gasteiger partial charge in [0.05, 0.1) is 15.3 Å². The number of benzene rings is 1. The first-order valence-corrected chi connectivity index (χ1v) is 9.68. The van der Waals surface area contributed by atoms with E-state index in [1.165, 1.54) is 23.5 Å². The van der Waals surface area contributed by atoms with Gasteiger partial charge in [0.15, 0.2) is 5.13 Å². The van der Waals surface area contributed by atoms with Crippen molar-refractivity contribution in [3.05, 3.63) is 41.3 Å². The van der Waals surface area contributed by atoms with E-state index in [1.54, 1.807) is 23.9 Å². The smallest absolute Gasteiger partial charge is 0.236 e. The van der Waals surface area contributed by atoms with Crippen LogP contribution in [0.15, 0.2) is 28.5 Å². The fourth-order valence-electron chi connectivity index (χ4n) is 3.24.